The minimum absolute atomic E-state index is 0.316. The molecule has 0 aromatic rings. The Hall–Kier alpha value is -0.770. The first-order valence-corrected chi connectivity index (χ1v) is 5.28. The zero-order valence-corrected chi connectivity index (χ0v) is 9.34. The fourth-order valence-electron chi connectivity index (χ4n) is 1.46. The Morgan fingerprint density at radius 1 is 1.64 bits per heavy atom. The lowest BCUT2D eigenvalue weighted by molar-refractivity contribution is 0.0311. The summed E-state index contributed by atoms with van der Waals surface area (Å²) in [7, 11) is 0. The second-order valence-electron chi connectivity index (χ2n) is 4.24. The van der Waals surface area contributed by atoms with Crippen LogP contribution in [-0.4, -0.2) is 43.2 Å². The van der Waals surface area contributed by atoms with E-state index < -0.39 is 0 Å². The average Bonchev–Trinajstić information content (AvgIpc) is 2.15. The van der Waals surface area contributed by atoms with Gasteiger partial charge in [-0.3, -0.25) is 5.41 Å². The predicted molar refractivity (Wildman–Crippen MR) is 57.6 cm³/mol. The lowest BCUT2D eigenvalue weighted by Gasteiger charge is -2.35. The summed E-state index contributed by atoms with van der Waals surface area (Å²) < 4.78 is 5.32. The topological polar surface area (TPSA) is 48.4 Å². The van der Waals surface area contributed by atoms with Crippen molar-refractivity contribution in [1.82, 2.24) is 10.2 Å². The second-order valence-corrected chi connectivity index (χ2v) is 4.24. The zero-order valence-electron chi connectivity index (χ0n) is 9.34. The van der Waals surface area contributed by atoms with Gasteiger partial charge in [-0.1, -0.05) is 13.8 Å². The molecular weight excluding hydrogens is 178 g/mol. The molecule has 2 N–H and O–H groups in total. The van der Waals surface area contributed by atoms with Crippen molar-refractivity contribution < 1.29 is 4.74 Å². The van der Waals surface area contributed by atoms with Crippen LogP contribution in [0.5, 0.6) is 0 Å². The van der Waals surface area contributed by atoms with E-state index >= 15 is 0 Å². The molecule has 0 saturated carbocycles. The van der Waals surface area contributed by atoms with Crippen LogP contribution in [0.15, 0.2) is 0 Å². The van der Waals surface area contributed by atoms with Crippen LogP contribution in [0.2, 0.25) is 0 Å². The molecule has 1 atom stereocenters. The van der Waals surface area contributed by atoms with Crippen molar-refractivity contribution in [2.45, 2.75) is 26.8 Å². The lowest BCUT2D eigenvalue weighted by atomic mass is 10.2. The van der Waals surface area contributed by atoms with E-state index in [2.05, 4.69) is 31.0 Å². The highest BCUT2D eigenvalue weighted by Gasteiger charge is 2.20. The molecule has 4 nitrogen and oxygen atoms in total. The quantitative estimate of drug-likeness (QED) is 0.513. The largest absolute Gasteiger partial charge is 0.377 e. The number of guanidine groups is 1. The SMILES string of the molecule is CC(C)CNC(=N)N1CCOC[C@H]1C. The van der Waals surface area contributed by atoms with Crippen LogP contribution in [-0.2, 0) is 4.74 Å². The molecule has 0 bridgehead atoms. The van der Waals surface area contributed by atoms with Gasteiger partial charge in [0.1, 0.15) is 0 Å². The fraction of sp³-hybridized carbons (Fsp3) is 0.900. The van der Waals surface area contributed by atoms with E-state index in [1.165, 1.54) is 0 Å². The first-order valence-electron chi connectivity index (χ1n) is 5.28. The smallest absolute Gasteiger partial charge is 0.191 e. The molecular formula is C10H21N3O. The normalized spacial score (nSPS) is 22.6. The molecule has 1 aliphatic rings. The third-order valence-electron chi connectivity index (χ3n) is 2.33. The fourth-order valence-corrected chi connectivity index (χ4v) is 1.46. The Morgan fingerprint density at radius 3 is 2.93 bits per heavy atom. The molecule has 1 aliphatic heterocycles. The summed E-state index contributed by atoms with van der Waals surface area (Å²) >= 11 is 0. The van der Waals surface area contributed by atoms with Gasteiger partial charge in [0.15, 0.2) is 5.96 Å². The molecule has 82 valence electrons. The van der Waals surface area contributed by atoms with Crippen molar-refractivity contribution in [1.29, 1.82) is 5.41 Å². The van der Waals surface area contributed by atoms with Gasteiger partial charge in [0, 0.05) is 13.1 Å². The number of ether oxygens (including phenoxy) is 1. The first kappa shape index (κ1) is 11.3. The van der Waals surface area contributed by atoms with Crippen LogP contribution < -0.4 is 5.32 Å². The minimum Gasteiger partial charge on any atom is -0.377 e. The summed E-state index contributed by atoms with van der Waals surface area (Å²) in [6, 6.07) is 0.316. The van der Waals surface area contributed by atoms with Gasteiger partial charge in [0.25, 0.3) is 0 Å². The maximum Gasteiger partial charge on any atom is 0.191 e. The summed E-state index contributed by atoms with van der Waals surface area (Å²) in [4.78, 5) is 2.06. The number of rotatable bonds is 2. The third kappa shape index (κ3) is 3.18. The van der Waals surface area contributed by atoms with Gasteiger partial charge >= 0.3 is 0 Å². The van der Waals surface area contributed by atoms with E-state index in [9.17, 15) is 0 Å². The standard InChI is InChI=1S/C10H21N3O/c1-8(2)6-12-10(11)13-4-5-14-7-9(13)3/h8-9H,4-7H2,1-3H3,(H2,11,12)/t9-/m1/s1. The summed E-state index contributed by atoms with van der Waals surface area (Å²) in [5, 5.41) is 11.0. The highest BCUT2D eigenvalue weighted by Crippen LogP contribution is 2.05. The second kappa shape index (κ2) is 5.20. The van der Waals surface area contributed by atoms with Crippen LogP contribution in [0.1, 0.15) is 20.8 Å². The first-order chi connectivity index (χ1) is 6.61. The molecule has 14 heavy (non-hydrogen) atoms. The molecule has 0 spiro atoms. The van der Waals surface area contributed by atoms with E-state index in [1.54, 1.807) is 0 Å². The van der Waals surface area contributed by atoms with Gasteiger partial charge in [0.05, 0.1) is 19.3 Å². The van der Waals surface area contributed by atoms with Gasteiger partial charge in [-0.05, 0) is 12.8 Å². The molecule has 0 radical (unpaired) electrons. The number of nitrogens with one attached hydrogen (secondary N) is 2. The van der Waals surface area contributed by atoms with E-state index in [-0.39, 0.29) is 0 Å². The van der Waals surface area contributed by atoms with Crippen LogP contribution in [0.25, 0.3) is 0 Å². The summed E-state index contributed by atoms with van der Waals surface area (Å²) in [5.74, 6) is 1.11. The minimum atomic E-state index is 0.316. The van der Waals surface area contributed by atoms with Crippen molar-refractivity contribution in [3.63, 3.8) is 0 Å². The molecule has 0 unspecified atom stereocenters. The van der Waals surface area contributed by atoms with E-state index in [0.717, 1.165) is 26.3 Å². The number of morpholine rings is 1. The van der Waals surface area contributed by atoms with E-state index in [4.69, 9.17) is 10.1 Å². The molecule has 0 aliphatic carbocycles. The van der Waals surface area contributed by atoms with Crippen LogP contribution in [0.4, 0.5) is 0 Å². The van der Waals surface area contributed by atoms with Crippen molar-refractivity contribution in [2.75, 3.05) is 26.3 Å². The molecule has 0 amide bonds. The Morgan fingerprint density at radius 2 is 2.36 bits per heavy atom. The summed E-state index contributed by atoms with van der Waals surface area (Å²) in [6.45, 7) is 9.52. The van der Waals surface area contributed by atoms with Gasteiger partial charge < -0.3 is 15.0 Å². The summed E-state index contributed by atoms with van der Waals surface area (Å²) in [6.07, 6.45) is 0. The maximum absolute atomic E-state index is 7.87. The molecule has 0 aromatic heterocycles. The molecule has 1 fully saturated rings. The van der Waals surface area contributed by atoms with Gasteiger partial charge in [0.2, 0.25) is 0 Å². The van der Waals surface area contributed by atoms with Crippen molar-refractivity contribution in [3.8, 4) is 0 Å². The maximum atomic E-state index is 7.87. The highest BCUT2D eigenvalue weighted by molar-refractivity contribution is 5.77. The number of hydrogen-bond donors (Lipinski definition) is 2. The Labute approximate surface area is 86.1 Å². The van der Waals surface area contributed by atoms with Gasteiger partial charge in [-0.25, -0.2) is 0 Å². The van der Waals surface area contributed by atoms with E-state index in [1.807, 2.05) is 0 Å². The molecule has 4 heteroatoms. The average molecular weight is 199 g/mol. The van der Waals surface area contributed by atoms with Gasteiger partial charge in [-0.15, -0.1) is 0 Å². The number of nitrogens with zero attached hydrogens (tertiary/aromatic N) is 1. The predicted octanol–water partition coefficient (Wildman–Crippen LogP) is 0.887. The van der Waals surface area contributed by atoms with E-state index in [0.29, 0.717) is 17.9 Å². The molecule has 0 aromatic carbocycles. The highest BCUT2D eigenvalue weighted by atomic mass is 16.5. The van der Waals surface area contributed by atoms with Crippen molar-refractivity contribution >= 4 is 5.96 Å². The molecule has 1 heterocycles. The Bertz CT molecular complexity index is 194. The zero-order chi connectivity index (χ0) is 10.6. The van der Waals surface area contributed by atoms with Crippen LogP contribution in [0.3, 0.4) is 0 Å². The van der Waals surface area contributed by atoms with Crippen molar-refractivity contribution in [2.24, 2.45) is 5.92 Å². The molecule has 1 saturated heterocycles. The van der Waals surface area contributed by atoms with Gasteiger partial charge in [-0.2, -0.15) is 0 Å². The summed E-state index contributed by atoms with van der Waals surface area (Å²) in [5.41, 5.74) is 0. The molecule has 1 rings (SSSR count). The monoisotopic (exact) mass is 199 g/mol. The van der Waals surface area contributed by atoms with Crippen LogP contribution in [0, 0.1) is 11.3 Å². The number of hydrogen-bond acceptors (Lipinski definition) is 2. The van der Waals surface area contributed by atoms with Crippen molar-refractivity contribution in [3.05, 3.63) is 0 Å². The Balaban J connectivity index is 2.34. The Kier molecular flexibility index (Phi) is 4.20. The lowest BCUT2D eigenvalue weighted by Crippen LogP contribution is -2.52. The van der Waals surface area contributed by atoms with Crippen LogP contribution >= 0.6 is 0 Å². The third-order valence-corrected chi connectivity index (χ3v) is 2.33.